The summed E-state index contributed by atoms with van der Waals surface area (Å²) in [4.78, 5) is 17.5. The molecule has 0 saturated heterocycles. The molecular formula is C22H27F2N7O2. The van der Waals surface area contributed by atoms with Gasteiger partial charge in [-0.1, -0.05) is 0 Å². The molecule has 2 aliphatic rings. The summed E-state index contributed by atoms with van der Waals surface area (Å²) in [7, 11) is 1.76. The van der Waals surface area contributed by atoms with Crippen LogP contribution in [0.25, 0.3) is 5.65 Å². The second kappa shape index (κ2) is 7.77. The fourth-order valence-corrected chi connectivity index (χ4v) is 4.49. The van der Waals surface area contributed by atoms with Gasteiger partial charge >= 0.3 is 0 Å². The Labute approximate surface area is 188 Å². The smallest absolute Gasteiger partial charge is 0.274 e. The molecule has 176 valence electrons. The fraction of sp³-hybridized carbons (Fsp3) is 0.500. The van der Waals surface area contributed by atoms with Gasteiger partial charge in [0.25, 0.3) is 11.5 Å². The molecule has 3 heterocycles. The first-order valence-corrected chi connectivity index (χ1v) is 11.0. The van der Waals surface area contributed by atoms with Crippen LogP contribution in [0.1, 0.15) is 44.2 Å². The van der Waals surface area contributed by atoms with Gasteiger partial charge in [-0.05, 0) is 31.9 Å². The lowest BCUT2D eigenvalue weighted by molar-refractivity contribution is -0.104. The molecule has 11 heteroatoms. The fourth-order valence-electron chi connectivity index (χ4n) is 4.49. The molecule has 2 fully saturated rings. The number of hydrogen-bond donors (Lipinski definition) is 4. The molecule has 0 aromatic carbocycles. The Morgan fingerprint density at radius 2 is 2.12 bits per heavy atom. The Morgan fingerprint density at radius 3 is 2.76 bits per heavy atom. The van der Waals surface area contributed by atoms with Crippen LogP contribution in [-0.4, -0.2) is 48.9 Å². The topological polar surface area (TPSA) is 109 Å². The summed E-state index contributed by atoms with van der Waals surface area (Å²) in [5.41, 5.74) is 0.631. The van der Waals surface area contributed by atoms with E-state index in [0.717, 1.165) is 18.4 Å². The average molecular weight is 460 g/mol. The molecule has 0 spiro atoms. The molecule has 3 aromatic heterocycles. The van der Waals surface area contributed by atoms with E-state index in [-0.39, 0.29) is 30.1 Å². The maximum absolute atomic E-state index is 13.3. The second-order valence-electron chi connectivity index (χ2n) is 9.19. The number of alkyl halides is 2. The summed E-state index contributed by atoms with van der Waals surface area (Å²) < 4.78 is 29.6. The van der Waals surface area contributed by atoms with Gasteiger partial charge < -0.3 is 25.6 Å². The molecule has 9 nitrogen and oxygen atoms in total. The van der Waals surface area contributed by atoms with Crippen LogP contribution in [0.5, 0.6) is 0 Å². The highest BCUT2D eigenvalue weighted by atomic mass is 19.3. The Kier molecular flexibility index (Phi) is 5.13. The van der Waals surface area contributed by atoms with Gasteiger partial charge in [-0.25, -0.2) is 13.8 Å². The van der Waals surface area contributed by atoms with Crippen molar-refractivity contribution < 1.29 is 13.9 Å². The first-order valence-electron chi connectivity index (χ1n) is 11.0. The zero-order chi connectivity index (χ0) is 23.4. The largest absolute Gasteiger partial charge is 0.389 e. The summed E-state index contributed by atoms with van der Waals surface area (Å²) in [6.45, 7) is 2.30. The van der Waals surface area contributed by atoms with Crippen LogP contribution in [0.3, 0.4) is 0 Å². The van der Waals surface area contributed by atoms with E-state index in [1.807, 2.05) is 6.92 Å². The van der Waals surface area contributed by atoms with Gasteiger partial charge in [0.15, 0.2) is 5.65 Å². The molecule has 2 aliphatic carbocycles. The number of rotatable bonds is 7. The van der Waals surface area contributed by atoms with Crippen molar-refractivity contribution in [1.29, 1.82) is 0 Å². The maximum atomic E-state index is 13.3. The van der Waals surface area contributed by atoms with Crippen molar-refractivity contribution in [1.82, 2.24) is 24.5 Å². The molecular weight excluding hydrogens is 432 g/mol. The highest BCUT2D eigenvalue weighted by Crippen LogP contribution is 2.44. The third-order valence-corrected chi connectivity index (χ3v) is 6.73. The predicted molar refractivity (Wildman–Crippen MR) is 120 cm³/mol. The number of hydrogen-bond acceptors (Lipinski definition) is 7. The highest BCUT2D eigenvalue weighted by molar-refractivity contribution is 5.64. The zero-order valence-electron chi connectivity index (χ0n) is 18.5. The van der Waals surface area contributed by atoms with E-state index in [1.165, 1.54) is 4.57 Å². The lowest BCUT2D eigenvalue weighted by atomic mass is 9.76. The van der Waals surface area contributed by atoms with Crippen LogP contribution in [0, 0.1) is 0 Å². The number of nitrogens with zero attached hydrogens (tertiary/aromatic N) is 4. The predicted octanol–water partition coefficient (Wildman–Crippen LogP) is 2.65. The van der Waals surface area contributed by atoms with E-state index in [1.54, 1.807) is 42.2 Å². The minimum atomic E-state index is -2.71. The van der Waals surface area contributed by atoms with Crippen molar-refractivity contribution in [2.45, 2.75) is 62.8 Å². The van der Waals surface area contributed by atoms with Crippen LogP contribution >= 0.6 is 0 Å². The molecule has 5 rings (SSSR count). The molecule has 0 unspecified atom stereocenters. The minimum absolute atomic E-state index is 0.0131. The van der Waals surface area contributed by atoms with Crippen LogP contribution in [0.2, 0.25) is 0 Å². The maximum Gasteiger partial charge on any atom is 0.274 e. The number of nitrogens with one attached hydrogen (secondary N) is 3. The number of fused-ring (bicyclic) bond motifs is 1. The quantitative estimate of drug-likeness (QED) is 0.430. The van der Waals surface area contributed by atoms with Crippen LogP contribution < -0.4 is 21.5 Å². The normalized spacial score (nSPS) is 24.3. The number of pyridine rings is 1. The summed E-state index contributed by atoms with van der Waals surface area (Å²) >= 11 is 0. The molecule has 4 N–H and O–H groups in total. The Balaban J connectivity index is 1.41. The molecule has 2 saturated carbocycles. The Morgan fingerprint density at radius 1 is 1.33 bits per heavy atom. The van der Waals surface area contributed by atoms with Crippen molar-refractivity contribution in [3.8, 4) is 0 Å². The van der Waals surface area contributed by atoms with E-state index in [4.69, 9.17) is 0 Å². The summed E-state index contributed by atoms with van der Waals surface area (Å²) in [6, 6.07) is 4.50. The first kappa shape index (κ1) is 21.8. The van der Waals surface area contributed by atoms with Crippen molar-refractivity contribution in [2.75, 3.05) is 17.7 Å². The van der Waals surface area contributed by atoms with Gasteiger partial charge in [0.05, 0.1) is 11.8 Å². The lowest BCUT2D eigenvalue weighted by Crippen LogP contribution is -2.56. The molecule has 33 heavy (non-hydrogen) atoms. The lowest BCUT2D eigenvalue weighted by Gasteiger charge is -2.43. The average Bonchev–Trinajstić information content (AvgIpc) is 3.15. The van der Waals surface area contributed by atoms with E-state index >= 15 is 0 Å². The SMILES string of the molecule is CNc1cc(Nc2cccn(C3CC(F)(F)C3)c2=O)nc2c(CN[C@H]3CC[C@]3(C)O)cnn12. The van der Waals surface area contributed by atoms with E-state index < -0.39 is 17.6 Å². The number of anilines is 3. The Bertz CT molecular complexity index is 1250. The van der Waals surface area contributed by atoms with Crippen LogP contribution in [0.15, 0.2) is 35.4 Å². The van der Waals surface area contributed by atoms with Gasteiger partial charge in [0.1, 0.15) is 17.3 Å². The van der Waals surface area contributed by atoms with Crippen molar-refractivity contribution in [2.24, 2.45) is 0 Å². The zero-order valence-corrected chi connectivity index (χ0v) is 18.5. The van der Waals surface area contributed by atoms with Crippen LogP contribution in [0.4, 0.5) is 26.1 Å². The first-order chi connectivity index (χ1) is 15.7. The van der Waals surface area contributed by atoms with Crippen molar-refractivity contribution >= 4 is 23.0 Å². The van der Waals surface area contributed by atoms with E-state index in [0.29, 0.717) is 23.8 Å². The third-order valence-electron chi connectivity index (χ3n) is 6.73. The monoisotopic (exact) mass is 459 g/mol. The third kappa shape index (κ3) is 3.95. The van der Waals surface area contributed by atoms with Gasteiger partial charge in [-0.3, -0.25) is 4.79 Å². The number of halogens is 2. The van der Waals surface area contributed by atoms with Gasteiger partial charge in [0.2, 0.25) is 0 Å². The van der Waals surface area contributed by atoms with Crippen LogP contribution in [-0.2, 0) is 6.54 Å². The second-order valence-corrected chi connectivity index (χ2v) is 9.19. The number of aromatic nitrogens is 4. The molecule has 2 atom stereocenters. The number of aliphatic hydroxyl groups is 1. The van der Waals surface area contributed by atoms with Crippen molar-refractivity contribution in [3.05, 3.63) is 46.5 Å². The van der Waals surface area contributed by atoms with Gasteiger partial charge in [-0.2, -0.15) is 9.61 Å². The Hall–Kier alpha value is -3.05. The van der Waals surface area contributed by atoms with Crippen molar-refractivity contribution in [3.63, 3.8) is 0 Å². The summed E-state index contributed by atoms with van der Waals surface area (Å²) in [5.74, 6) is -1.61. The molecule has 0 aliphatic heterocycles. The van der Waals surface area contributed by atoms with Gasteiger partial charge in [0, 0.05) is 56.3 Å². The van der Waals surface area contributed by atoms with E-state index in [2.05, 4.69) is 26.0 Å². The van der Waals surface area contributed by atoms with Gasteiger partial charge in [-0.15, -0.1) is 0 Å². The summed E-state index contributed by atoms with van der Waals surface area (Å²) in [5, 5.41) is 24.1. The molecule has 0 bridgehead atoms. The summed E-state index contributed by atoms with van der Waals surface area (Å²) in [6.07, 6.45) is 4.28. The van der Waals surface area contributed by atoms with E-state index in [9.17, 15) is 18.7 Å². The standard InChI is InChI=1S/C22H27F2N7O2/c1-21(33)6-5-16(21)26-11-13-12-27-31-18(25-2)8-17(29-19(13)31)28-15-4-3-7-30(20(15)32)14-9-22(23,24)10-14/h3-4,7-8,12,14,16,25-26,33H,5-6,9-11H2,1-2H3,(H,28,29)/t16-,21-/m0/s1. The molecule has 0 radical (unpaired) electrons. The minimum Gasteiger partial charge on any atom is -0.389 e. The molecule has 0 amide bonds. The highest BCUT2D eigenvalue weighted by Gasteiger charge is 2.46. The molecule has 3 aromatic rings.